The molecule has 0 aliphatic heterocycles. The number of carbonyl (C=O) groups excluding carboxylic acids is 2. The minimum absolute atomic E-state index is 0.101. The summed E-state index contributed by atoms with van der Waals surface area (Å²) in [6.07, 6.45) is 0.101. The Kier molecular flexibility index (Phi) is 8.54. The summed E-state index contributed by atoms with van der Waals surface area (Å²) in [6.45, 7) is 8.74. The number of benzene rings is 2. The van der Waals surface area contributed by atoms with Gasteiger partial charge in [-0.1, -0.05) is 72.9 Å². The van der Waals surface area contributed by atoms with Crippen LogP contribution in [0.1, 0.15) is 37.5 Å². The number of carbonyl (C=O) groups is 2. The first kappa shape index (κ1) is 23.2. The molecule has 0 unspecified atom stereocenters. The zero-order valence-electron chi connectivity index (χ0n) is 17.3. The maximum atomic E-state index is 13.2. The molecule has 0 aromatic heterocycles. The predicted molar refractivity (Wildman–Crippen MR) is 119 cm³/mol. The Balaban J connectivity index is 2.23. The highest BCUT2D eigenvalue weighted by Gasteiger charge is 2.26. The second-order valence-electron chi connectivity index (χ2n) is 7.73. The highest BCUT2D eigenvalue weighted by molar-refractivity contribution is 6.35. The van der Waals surface area contributed by atoms with Crippen molar-refractivity contribution in [3.05, 3.63) is 69.2 Å². The molecule has 0 aliphatic carbocycles. The number of aryl methyl sites for hydroxylation is 1. The molecule has 0 spiro atoms. The molecule has 0 bridgehead atoms. The van der Waals surface area contributed by atoms with E-state index in [1.807, 2.05) is 45.0 Å². The van der Waals surface area contributed by atoms with Crippen molar-refractivity contribution in [3.63, 3.8) is 0 Å². The van der Waals surface area contributed by atoms with Crippen LogP contribution in [0.25, 0.3) is 0 Å². The molecule has 0 saturated carbocycles. The van der Waals surface area contributed by atoms with E-state index in [1.165, 1.54) is 0 Å². The zero-order chi connectivity index (χ0) is 21.6. The number of halogens is 2. The largest absolute Gasteiger partial charge is 0.354 e. The van der Waals surface area contributed by atoms with Crippen LogP contribution in [0, 0.1) is 12.8 Å². The summed E-state index contributed by atoms with van der Waals surface area (Å²) in [7, 11) is 0. The summed E-state index contributed by atoms with van der Waals surface area (Å²) in [5.41, 5.74) is 2.79. The van der Waals surface area contributed by atoms with Crippen LogP contribution in [0.5, 0.6) is 0 Å². The first-order valence-corrected chi connectivity index (χ1v) is 10.5. The average Bonchev–Trinajstić information content (AvgIpc) is 2.67. The van der Waals surface area contributed by atoms with Gasteiger partial charge in [0.05, 0.1) is 6.42 Å². The maximum absolute atomic E-state index is 13.2. The van der Waals surface area contributed by atoms with Crippen LogP contribution >= 0.6 is 23.2 Å². The predicted octanol–water partition coefficient (Wildman–Crippen LogP) is 5.03. The first-order valence-electron chi connectivity index (χ1n) is 9.74. The van der Waals surface area contributed by atoms with E-state index in [1.54, 1.807) is 30.0 Å². The van der Waals surface area contributed by atoms with Crippen molar-refractivity contribution in [2.24, 2.45) is 5.92 Å². The molecule has 2 rings (SSSR count). The van der Waals surface area contributed by atoms with Crippen molar-refractivity contribution in [2.45, 2.75) is 46.7 Å². The van der Waals surface area contributed by atoms with Crippen LogP contribution in [0.2, 0.25) is 10.0 Å². The fraction of sp³-hybridized carbons (Fsp3) is 0.391. The van der Waals surface area contributed by atoms with Crippen molar-refractivity contribution in [1.82, 2.24) is 10.2 Å². The Morgan fingerprint density at radius 2 is 1.69 bits per heavy atom. The Morgan fingerprint density at radius 3 is 2.28 bits per heavy atom. The molecule has 1 atom stereocenters. The SMILES string of the molecule is Cc1ccc(CN(C(=O)Cc2ccc(Cl)cc2Cl)[C@@H](C)C(=O)NCC(C)C)cc1. The van der Waals surface area contributed by atoms with Crippen LogP contribution in [-0.4, -0.2) is 29.3 Å². The van der Waals surface area contributed by atoms with Crippen LogP contribution in [-0.2, 0) is 22.6 Å². The molecule has 156 valence electrons. The van der Waals surface area contributed by atoms with Gasteiger partial charge in [-0.15, -0.1) is 0 Å². The number of nitrogens with zero attached hydrogens (tertiary/aromatic N) is 1. The Hall–Kier alpha value is -2.04. The Labute approximate surface area is 183 Å². The van der Waals surface area contributed by atoms with E-state index in [0.29, 0.717) is 34.6 Å². The molecule has 0 fully saturated rings. The van der Waals surface area contributed by atoms with Crippen molar-refractivity contribution in [1.29, 1.82) is 0 Å². The van der Waals surface area contributed by atoms with Gasteiger partial charge in [-0.25, -0.2) is 0 Å². The topological polar surface area (TPSA) is 49.4 Å². The lowest BCUT2D eigenvalue weighted by Crippen LogP contribution is -2.48. The van der Waals surface area contributed by atoms with Crippen LogP contribution < -0.4 is 5.32 Å². The van der Waals surface area contributed by atoms with Gasteiger partial charge in [0.1, 0.15) is 6.04 Å². The molecule has 2 amide bonds. The monoisotopic (exact) mass is 434 g/mol. The first-order chi connectivity index (χ1) is 13.7. The maximum Gasteiger partial charge on any atom is 0.242 e. The Bertz CT molecular complexity index is 850. The fourth-order valence-corrected chi connectivity index (χ4v) is 3.33. The van der Waals surface area contributed by atoms with Gasteiger partial charge in [0, 0.05) is 23.1 Å². The van der Waals surface area contributed by atoms with E-state index in [-0.39, 0.29) is 18.2 Å². The van der Waals surface area contributed by atoms with Crippen molar-refractivity contribution in [2.75, 3.05) is 6.54 Å². The number of hydrogen-bond acceptors (Lipinski definition) is 2. The minimum atomic E-state index is -0.603. The van der Waals surface area contributed by atoms with Crippen LogP contribution in [0.15, 0.2) is 42.5 Å². The fourth-order valence-electron chi connectivity index (χ4n) is 2.85. The number of hydrogen-bond donors (Lipinski definition) is 1. The number of nitrogens with one attached hydrogen (secondary N) is 1. The van der Waals surface area contributed by atoms with Gasteiger partial charge < -0.3 is 10.2 Å². The summed E-state index contributed by atoms with van der Waals surface area (Å²) in [4.78, 5) is 27.4. The number of rotatable bonds is 8. The quantitative estimate of drug-likeness (QED) is 0.632. The lowest BCUT2D eigenvalue weighted by Gasteiger charge is -2.29. The van der Waals surface area contributed by atoms with E-state index in [4.69, 9.17) is 23.2 Å². The third-order valence-electron chi connectivity index (χ3n) is 4.68. The summed E-state index contributed by atoms with van der Waals surface area (Å²) >= 11 is 12.2. The molecule has 0 aliphatic rings. The third kappa shape index (κ3) is 7.06. The third-order valence-corrected chi connectivity index (χ3v) is 5.27. The van der Waals surface area contributed by atoms with Crippen molar-refractivity contribution >= 4 is 35.0 Å². The van der Waals surface area contributed by atoms with Gasteiger partial charge >= 0.3 is 0 Å². The average molecular weight is 435 g/mol. The van der Waals surface area contributed by atoms with E-state index >= 15 is 0 Å². The highest BCUT2D eigenvalue weighted by atomic mass is 35.5. The van der Waals surface area contributed by atoms with Gasteiger partial charge in [0.2, 0.25) is 11.8 Å². The van der Waals surface area contributed by atoms with Gasteiger partial charge in [-0.2, -0.15) is 0 Å². The smallest absolute Gasteiger partial charge is 0.242 e. The van der Waals surface area contributed by atoms with Gasteiger partial charge in [-0.3, -0.25) is 9.59 Å². The molecular weight excluding hydrogens is 407 g/mol. The van der Waals surface area contributed by atoms with E-state index in [9.17, 15) is 9.59 Å². The highest BCUT2D eigenvalue weighted by Crippen LogP contribution is 2.22. The van der Waals surface area contributed by atoms with Crippen LogP contribution in [0.3, 0.4) is 0 Å². The Morgan fingerprint density at radius 1 is 1.03 bits per heavy atom. The summed E-state index contributed by atoms with van der Waals surface area (Å²) in [5.74, 6) is 0.00336. The molecule has 4 nitrogen and oxygen atoms in total. The standard InChI is InChI=1S/C23H28Cl2N2O2/c1-15(2)13-26-23(29)17(4)27(14-18-7-5-16(3)6-8-18)22(28)11-19-9-10-20(24)12-21(19)25/h5-10,12,15,17H,11,13-14H2,1-4H3,(H,26,29)/t17-/m0/s1. The second-order valence-corrected chi connectivity index (χ2v) is 8.58. The summed E-state index contributed by atoms with van der Waals surface area (Å²) in [6, 6.07) is 12.4. The van der Waals surface area contributed by atoms with Gasteiger partial charge in [0.15, 0.2) is 0 Å². The van der Waals surface area contributed by atoms with E-state index in [2.05, 4.69) is 5.32 Å². The molecule has 2 aromatic carbocycles. The minimum Gasteiger partial charge on any atom is -0.354 e. The number of amides is 2. The molecule has 0 heterocycles. The molecule has 6 heteroatoms. The zero-order valence-corrected chi connectivity index (χ0v) is 18.8. The van der Waals surface area contributed by atoms with Gasteiger partial charge in [-0.05, 0) is 43.0 Å². The molecular formula is C23H28Cl2N2O2. The molecule has 1 N–H and O–H groups in total. The molecule has 0 saturated heterocycles. The van der Waals surface area contributed by atoms with E-state index in [0.717, 1.165) is 11.1 Å². The second kappa shape index (κ2) is 10.7. The van der Waals surface area contributed by atoms with E-state index < -0.39 is 6.04 Å². The van der Waals surface area contributed by atoms with Crippen molar-refractivity contribution < 1.29 is 9.59 Å². The molecule has 0 radical (unpaired) electrons. The lowest BCUT2D eigenvalue weighted by molar-refractivity contribution is -0.140. The lowest BCUT2D eigenvalue weighted by atomic mass is 10.1. The molecule has 29 heavy (non-hydrogen) atoms. The van der Waals surface area contributed by atoms with Crippen molar-refractivity contribution in [3.8, 4) is 0 Å². The van der Waals surface area contributed by atoms with Gasteiger partial charge in [0.25, 0.3) is 0 Å². The summed E-state index contributed by atoms with van der Waals surface area (Å²) in [5, 5.41) is 3.88. The van der Waals surface area contributed by atoms with Crippen LogP contribution in [0.4, 0.5) is 0 Å². The normalized spacial score (nSPS) is 12.0. The molecule has 2 aromatic rings. The summed E-state index contributed by atoms with van der Waals surface area (Å²) < 4.78 is 0.